The molecule has 0 bridgehead atoms. The van der Waals surface area contributed by atoms with Gasteiger partial charge in [0.25, 0.3) is 0 Å². The van der Waals surface area contributed by atoms with Crippen molar-refractivity contribution in [1.82, 2.24) is 14.9 Å². The first kappa shape index (κ1) is 25.9. The van der Waals surface area contributed by atoms with Crippen LogP contribution in [0.25, 0.3) is 10.9 Å². The molecule has 0 unspecified atom stereocenters. The maximum absolute atomic E-state index is 12.5. The summed E-state index contributed by atoms with van der Waals surface area (Å²) in [6.07, 6.45) is 0.540. The Labute approximate surface area is 213 Å². The molecule has 1 aliphatic heterocycles. The average Bonchev–Trinajstić information content (AvgIpc) is 2.78. The van der Waals surface area contributed by atoms with Gasteiger partial charge in [-0.3, -0.25) is 0 Å². The molecule has 7 nitrogen and oxygen atoms in total. The van der Waals surface area contributed by atoms with E-state index in [2.05, 4.69) is 43.4 Å². The van der Waals surface area contributed by atoms with E-state index in [0.29, 0.717) is 31.8 Å². The Morgan fingerprint density at radius 2 is 1.81 bits per heavy atom. The molecule has 0 radical (unpaired) electrons. The van der Waals surface area contributed by atoms with Crippen LogP contribution in [0, 0.1) is 20.8 Å². The third-order valence-corrected chi connectivity index (χ3v) is 6.78. The number of amides is 1. The highest BCUT2D eigenvalue weighted by Gasteiger charge is 2.37. The summed E-state index contributed by atoms with van der Waals surface area (Å²) in [6, 6.07) is 12.5. The lowest BCUT2D eigenvalue weighted by Crippen LogP contribution is -2.46. The van der Waals surface area contributed by atoms with Gasteiger partial charge in [-0.05, 0) is 84.1 Å². The molecule has 1 amide bonds. The zero-order valence-corrected chi connectivity index (χ0v) is 22.5. The number of nitrogens with one attached hydrogen (secondary N) is 1. The summed E-state index contributed by atoms with van der Waals surface area (Å²) >= 11 is 0. The number of carbonyl (C=O) groups excluding carboxylic acids is 1. The molecule has 2 aromatic carbocycles. The van der Waals surface area contributed by atoms with Gasteiger partial charge >= 0.3 is 6.09 Å². The molecule has 0 spiro atoms. The normalized spacial score (nSPS) is 16.6. The van der Waals surface area contributed by atoms with Crippen LogP contribution in [0.5, 0.6) is 0 Å². The monoisotopic (exact) mass is 490 g/mol. The fraction of sp³-hybridized carbons (Fsp3) is 0.483. The van der Waals surface area contributed by atoms with Gasteiger partial charge in [-0.25, -0.2) is 14.8 Å². The largest absolute Gasteiger partial charge is 0.444 e. The molecule has 1 aromatic heterocycles. The molecule has 7 heteroatoms. The summed E-state index contributed by atoms with van der Waals surface area (Å²) in [4.78, 5) is 23.6. The topological polar surface area (TPSA) is 87.6 Å². The minimum Gasteiger partial charge on any atom is -0.444 e. The van der Waals surface area contributed by atoms with E-state index in [4.69, 9.17) is 14.7 Å². The Morgan fingerprint density at radius 1 is 1.11 bits per heavy atom. The number of benzene rings is 2. The lowest BCUT2D eigenvalue weighted by molar-refractivity contribution is -0.0356. The number of rotatable bonds is 4. The molecule has 192 valence electrons. The molecule has 36 heavy (non-hydrogen) atoms. The first-order chi connectivity index (χ1) is 16.8. The number of aliphatic hydroxyl groups is 1. The van der Waals surface area contributed by atoms with Crippen molar-refractivity contribution in [2.24, 2.45) is 0 Å². The number of fused-ring (bicyclic) bond motifs is 1. The first-order valence-electron chi connectivity index (χ1n) is 12.7. The fourth-order valence-electron chi connectivity index (χ4n) is 4.80. The van der Waals surface area contributed by atoms with Crippen molar-refractivity contribution in [3.05, 3.63) is 64.5 Å². The number of anilines is 1. The number of aromatic nitrogens is 2. The SMILES string of the molecule is Cc1cccc([C@@H](C)Nc2nc(C)nc3c(C)cc(C4(O)CCN(C(=O)OC(C)(C)C)CC4)cc23)c1. The van der Waals surface area contributed by atoms with E-state index in [1.807, 2.05) is 46.8 Å². The molecular weight excluding hydrogens is 452 g/mol. The molecule has 1 saturated heterocycles. The van der Waals surface area contributed by atoms with Gasteiger partial charge in [-0.15, -0.1) is 0 Å². The number of carbonyl (C=O) groups is 1. The van der Waals surface area contributed by atoms with Gasteiger partial charge in [0.2, 0.25) is 0 Å². The summed E-state index contributed by atoms with van der Waals surface area (Å²) in [5, 5.41) is 16.1. The molecule has 2 N–H and O–H groups in total. The van der Waals surface area contributed by atoms with Crippen LogP contribution in [0.3, 0.4) is 0 Å². The van der Waals surface area contributed by atoms with Gasteiger partial charge < -0.3 is 20.1 Å². The fourth-order valence-corrected chi connectivity index (χ4v) is 4.80. The van der Waals surface area contributed by atoms with E-state index < -0.39 is 11.2 Å². The summed E-state index contributed by atoms with van der Waals surface area (Å²) < 4.78 is 5.52. The molecule has 1 fully saturated rings. The third-order valence-electron chi connectivity index (χ3n) is 6.78. The summed E-state index contributed by atoms with van der Waals surface area (Å²) in [7, 11) is 0. The highest BCUT2D eigenvalue weighted by Crippen LogP contribution is 2.37. The van der Waals surface area contributed by atoms with Gasteiger partial charge in [-0.1, -0.05) is 35.9 Å². The Kier molecular flexibility index (Phi) is 6.97. The van der Waals surface area contributed by atoms with E-state index in [9.17, 15) is 9.90 Å². The number of nitrogens with zero attached hydrogens (tertiary/aromatic N) is 3. The lowest BCUT2D eigenvalue weighted by Gasteiger charge is -2.39. The lowest BCUT2D eigenvalue weighted by atomic mass is 9.83. The van der Waals surface area contributed by atoms with Crippen LogP contribution in [-0.2, 0) is 10.3 Å². The predicted molar refractivity (Wildman–Crippen MR) is 143 cm³/mol. The number of hydrogen-bond donors (Lipinski definition) is 2. The minimum atomic E-state index is -1.04. The second-order valence-corrected chi connectivity index (χ2v) is 11.1. The zero-order chi connectivity index (χ0) is 26.3. The summed E-state index contributed by atoms with van der Waals surface area (Å²) in [5.74, 6) is 1.45. The average molecular weight is 491 g/mol. The van der Waals surface area contributed by atoms with E-state index in [0.717, 1.165) is 27.8 Å². The van der Waals surface area contributed by atoms with Crippen molar-refractivity contribution >= 4 is 22.8 Å². The number of piperidine rings is 1. The van der Waals surface area contributed by atoms with Crippen molar-refractivity contribution in [2.75, 3.05) is 18.4 Å². The Morgan fingerprint density at radius 3 is 2.44 bits per heavy atom. The third kappa shape index (κ3) is 5.62. The Hall–Kier alpha value is -3.19. The van der Waals surface area contributed by atoms with Crippen molar-refractivity contribution in [2.45, 2.75) is 78.6 Å². The highest BCUT2D eigenvalue weighted by atomic mass is 16.6. The van der Waals surface area contributed by atoms with Gasteiger partial charge in [0.05, 0.1) is 11.1 Å². The molecule has 1 aliphatic rings. The molecule has 4 rings (SSSR count). The Bertz CT molecular complexity index is 1270. The van der Waals surface area contributed by atoms with Crippen LogP contribution >= 0.6 is 0 Å². The molecular formula is C29H38N4O3. The second-order valence-electron chi connectivity index (χ2n) is 11.1. The standard InChI is InChI=1S/C29H38N4O3/c1-18-9-8-10-22(15-18)20(3)30-26-24-17-23(16-19(2)25(24)31-21(4)32-26)29(35)11-13-33(14-12-29)27(34)36-28(5,6)7/h8-10,15-17,20,35H,11-14H2,1-7H3,(H,30,31,32)/t20-/m1/s1. The second kappa shape index (κ2) is 9.69. The van der Waals surface area contributed by atoms with Crippen molar-refractivity contribution in [3.8, 4) is 0 Å². The molecule has 3 aromatic rings. The van der Waals surface area contributed by atoms with Crippen LogP contribution in [0.15, 0.2) is 36.4 Å². The predicted octanol–water partition coefficient (Wildman–Crippen LogP) is 5.95. The van der Waals surface area contributed by atoms with Crippen molar-refractivity contribution < 1.29 is 14.6 Å². The molecule has 0 aliphatic carbocycles. The molecule has 0 saturated carbocycles. The van der Waals surface area contributed by atoms with Crippen molar-refractivity contribution in [3.63, 3.8) is 0 Å². The maximum atomic E-state index is 12.5. The van der Waals surface area contributed by atoms with E-state index in [1.165, 1.54) is 11.1 Å². The van der Waals surface area contributed by atoms with E-state index in [-0.39, 0.29) is 12.1 Å². The number of likely N-dealkylation sites (tertiary alicyclic amines) is 1. The quantitative estimate of drug-likeness (QED) is 0.470. The van der Waals surface area contributed by atoms with Crippen LogP contribution in [0.4, 0.5) is 10.6 Å². The van der Waals surface area contributed by atoms with Crippen LogP contribution in [0.1, 0.15) is 74.7 Å². The molecule has 2 heterocycles. The number of ether oxygens (including phenoxy) is 1. The summed E-state index contributed by atoms with van der Waals surface area (Å²) in [6.45, 7) is 14.6. The van der Waals surface area contributed by atoms with Crippen LogP contribution in [-0.4, -0.2) is 44.8 Å². The van der Waals surface area contributed by atoms with E-state index in [1.54, 1.807) is 4.90 Å². The van der Waals surface area contributed by atoms with Crippen molar-refractivity contribution in [1.29, 1.82) is 0 Å². The van der Waals surface area contributed by atoms with Crippen LogP contribution in [0.2, 0.25) is 0 Å². The number of aryl methyl sites for hydroxylation is 3. The van der Waals surface area contributed by atoms with E-state index >= 15 is 0 Å². The highest BCUT2D eigenvalue weighted by molar-refractivity contribution is 5.92. The number of hydrogen-bond acceptors (Lipinski definition) is 6. The van der Waals surface area contributed by atoms with Gasteiger partial charge in [0.15, 0.2) is 0 Å². The Balaban J connectivity index is 1.63. The maximum Gasteiger partial charge on any atom is 0.410 e. The first-order valence-corrected chi connectivity index (χ1v) is 12.7. The van der Waals surface area contributed by atoms with Gasteiger partial charge in [0, 0.05) is 24.5 Å². The smallest absolute Gasteiger partial charge is 0.410 e. The van der Waals surface area contributed by atoms with Gasteiger partial charge in [0.1, 0.15) is 17.2 Å². The molecule has 1 atom stereocenters. The summed E-state index contributed by atoms with van der Waals surface area (Å²) in [5.41, 5.74) is 3.50. The van der Waals surface area contributed by atoms with Crippen LogP contribution < -0.4 is 5.32 Å². The van der Waals surface area contributed by atoms with Gasteiger partial charge in [-0.2, -0.15) is 0 Å². The minimum absolute atomic E-state index is 0.0477. The zero-order valence-electron chi connectivity index (χ0n) is 22.5.